The van der Waals surface area contributed by atoms with Crippen molar-refractivity contribution in [3.05, 3.63) is 24.3 Å². The highest BCUT2D eigenvalue weighted by molar-refractivity contribution is 5.83. The predicted octanol–water partition coefficient (Wildman–Crippen LogP) is 1.87. The summed E-state index contributed by atoms with van der Waals surface area (Å²) in [4.78, 5) is 14.3. The Hall–Kier alpha value is -1.71. The maximum absolute atomic E-state index is 12.4. The van der Waals surface area contributed by atoms with Gasteiger partial charge in [0.05, 0.1) is 12.2 Å². The number of amides is 1. The van der Waals surface area contributed by atoms with Crippen molar-refractivity contribution in [1.82, 2.24) is 4.90 Å². The average Bonchev–Trinajstić information content (AvgIpc) is 2.83. The largest absolute Gasteiger partial charge is 0.477 e. The van der Waals surface area contributed by atoms with Gasteiger partial charge in [-0.25, -0.2) is 0 Å². The number of ether oxygens (including phenoxy) is 1. The van der Waals surface area contributed by atoms with Crippen LogP contribution in [0.4, 0.5) is 5.69 Å². The lowest BCUT2D eigenvalue weighted by atomic mass is 10.2. The van der Waals surface area contributed by atoms with Gasteiger partial charge < -0.3 is 15.0 Å². The zero-order valence-electron chi connectivity index (χ0n) is 10.6. The first kappa shape index (κ1) is 11.4. The maximum atomic E-state index is 12.4. The third kappa shape index (κ3) is 1.92. The molecule has 0 spiro atoms. The molecular weight excluding hydrogens is 228 g/mol. The molecule has 4 heteroatoms. The zero-order chi connectivity index (χ0) is 12.5. The number of rotatable bonds is 1. The topological polar surface area (TPSA) is 41.6 Å². The van der Waals surface area contributed by atoms with Crippen molar-refractivity contribution in [3.8, 4) is 5.75 Å². The first-order chi connectivity index (χ1) is 8.75. The number of nitrogens with zero attached hydrogens (tertiary/aromatic N) is 1. The molecule has 2 aliphatic rings. The lowest BCUT2D eigenvalue weighted by Gasteiger charge is -2.31. The normalized spacial score (nSPS) is 26.2. The van der Waals surface area contributed by atoms with Gasteiger partial charge in [0.25, 0.3) is 5.91 Å². The number of carbonyl (C=O) groups excluding carboxylic acids is 1. The monoisotopic (exact) mass is 246 g/mol. The van der Waals surface area contributed by atoms with Gasteiger partial charge in [0.2, 0.25) is 0 Å². The molecule has 0 radical (unpaired) electrons. The summed E-state index contributed by atoms with van der Waals surface area (Å²) in [7, 11) is 0. The van der Waals surface area contributed by atoms with Crippen LogP contribution in [0.25, 0.3) is 0 Å². The second-order valence-electron chi connectivity index (χ2n) is 5.01. The Morgan fingerprint density at radius 1 is 1.44 bits per heavy atom. The van der Waals surface area contributed by atoms with Crippen LogP contribution in [0.3, 0.4) is 0 Å². The number of anilines is 1. The fourth-order valence-electron chi connectivity index (χ4n) is 2.70. The van der Waals surface area contributed by atoms with Crippen LogP contribution in [0.2, 0.25) is 0 Å². The lowest BCUT2D eigenvalue weighted by molar-refractivity contribution is -0.138. The van der Waals surface area contributed by atoms with Crippen LogP contribution < -0.4 is 10.1 Å². The molecule has 1 fully saturated rings. The van der Waals surface area contributed by atoms with E-state index in [1.54, 1.807) is 0 Å². The Labute approximate surface area is 107 Å². The Morgan fingerprint density at radius 2 is 2.28 bits per heavy atom. The Morgan fingerprint density at radius 3 is 3.06 bits per heavy atom. The molecule has 2 unspecified atom stereocenters. The van der Waals surface area contributed by atoms with E-state index in [1.807, 2.05) is 29.2 Å². The quantitative estimate of drug-likeness (QED) is 0.822. The number of fused-ring (bicyclic) bond motifs is 1. The number of carbonyl (C=O) groups is 1. The zero-order valence-corrected chi connectivity index (χ0v) is 10.6. The number of likely N-dealkylation sites (tertiary alicyclic amines) is 1. The summed E-state index contributed by atoms with van der Waals surface area (Å²) in [6.07, 6.45) is 1.81. The van der Waals surface area contributed by atoms with E-state index < -0.39 is 0 Å². The van der Waals surface area contributed by atoms with E-state index in [2.05, 4.69) is 12.2 Å². The van der Waals surface area contributed by atoms with Crippen molar-refractivity contribution < 1.29 is 9.53 Å². The van der Waals surface area contributed by atoms with Gasteiger partial charge in [-0.1, -0.05) is 12.1 Å². The highest BCUT2D eigenvalue weighted by atomic mass is 16.5. The van der Waals surface area contributed by atoms with Gasteiger partial charge in [-0.15, -0.1) is 0 Å². The summed E-state index contributed by atoms with van der Waals surface area (Å²) in [6, 6.07) is 8.09. The fourth-order valence-corrected chi connectivity index (χ4v) is 2.70. The van der Waals surface area contributed by atoms with Crippen LogP contribution in [0, 0.1) is 0 Å². The van der Waals surface area contributed by atoms with Crippen LogP contribution in [0.15, 0.2) is 24.3 Å². The van der Waals surface area contributed by atoms with Crippen LogP contribution in [0.1, 0.15) is 19.8 Å². The number of nitrogens with one attached hydrogen (secondary N) is 1. The second-order valence-corrected chi connectivity index (χ2v) is 5.01. The molecule has 1 amide bonds. The summed E-state index contributed by atoms with van der Waals surface area (Å²) in [5.74, 6) is 0.885. The number of hydrogen-bond acceptors (Lipinski definition) is 3. The smallest absolute Gasteiger partial charge is 0.265 e. The molecule has 0 aliphatic carbocycles. The molecule has 18 heavy (non-hydrogen) atoms. The van der Waals surface area contributed by atoms with Crippen molar-refractivity contribution in [2.24, 2.45) is 0 Å². The predicted molar refractivity (Wildman–Crippen MR) is 69.8 cm³/mol. The molecule has 3 rings (SSSR count). The van der Waals surface area contributed by atoms with E-state index in [0.29, 0.717) is 12.6 Å². The molecular formula is C14H18N2O2. The highest BCUT2D eigenvalue weighted by Gasteiger charge is 2.33. The van der Waals surface area contributed by atoms with Gasteiger partial charge in [0.15, 0.2) is 6.10 Å². The summed E-state index contributed by atoms with van der Waals surface area (Å²) < 4.78 is 5.80. The average molecular weight is 246 g/mol. The lowest BCUT2D eigenvalue weighted by Crippen LogP contribution is -2.48. The first-order valence-corrected chi connectivity index (χ1v) is 6.56. The molecule has 2 atom stereocenters. The Kier molecular flexibility index (Phi) is 2.86. The SMILES string of the molecule is CC1CCCN1C(=O)C1CNc2ccccc2O1. The standard InChI is InChI=1S/C14H18N2O2/c1-10-5-4-8-16(10)14(17)13-9-15-11-6-2-3-7-12(11)18-13/h2-3,6-7,10,13,15H,4-5,8-9H2,1H3. The summed E-state index contributed by atoms with van der Waals surface area (Å²) in [5.41, 5.74) is 0.969. The molecule has 0 bridgehead atoms. The van der Waals surface area contributed by atoms with E-state index in [9.17, 15) is 4.79 Å². The van der Waals surface area contributed by atoms with Gasteiger partial charge in [-0.05, 0) is 31.9 Å². The van der Waals surface area contributed by atoms with E-state index in [4.69, 9.17) is 4.74 Å². The summed E-state index contributed by atoms with van der Waals surface area (Å²) in [5, 5.41) is 3.26. The third-order valence-electron chi connectivity index (χ3n) is 3.75. The molecule has 1 N–H and O–H groups in total. The molecule has 0 aromatic heterocycles. The molecule has 1 saturated heterocycles. The number of benzene rings is 1. The number of hydrogen-bond donors (Lipinski definition) is 1. The maximum Gasteiger partial charge on any atom is 0.265 e. The first-order valence-electron chi connectivity index (χ1n) is 6.56. The minimum Gasteiger partial charge on any atom is -0.477 e. The van der Waals surface area contributed by atoms with Crippen LogP contribution >= 0.6 is 0 Å². The van der Waals surface area contributed by atoms with Crippen molar-refractivity contribution in [2.75, 3.05) is 18.4 Å². The third-order valence-corrected chi connectivity index (χ3v) is 3.75. The van der Waals surface area contributed by atoms with Crippen molar-refractivity contribution in [1.29, 1.82) is 0 Å². The molecule has 96 valence electrons. The van der Waals surface area contributed by atoms with E-state index in [-0.39, 0.29) is 12.0 Å². The van der Waals surface area contributed by atoms with Gasteiger partial charge in [0.1, 0.15) is 5.75 Å². The van der Waals surface area contributed by atoms with E-state index in [0.717, 1.165) is 30.8 Å². The van der Waals surface area contributed by atoms with Crippen molar-refractivity contribution in [3.63, 3.8) is 0 Å². The van der Waals surface area contributed by atoms with Gasteiger partial charge >= 0.3 is 0 Å². The second kappa shape index (κ2) is 4.52. The highest BCUT2D eigenvalue weighted by Crippen LogP contribution is 2.29. The van der Waals surface area contributed by atoms with Crippen LogP contribution in [-0.2, 0) is 4.79 Å². The summed E-state index contributed by atoms with van der Waals surface area (Å²) >= 11 is 0. The molecule has 1 aromatic rings. The molecule has 4 nitrogen and oxygen atoms in total. The van der Waals surface area contributed by atoms with Crippen molar-refractivity contribution in [2.45, 2.75) is 31.9 Å². The molecule has 2 aliphatic heterocycles. The minimum absolute atomic E-state index is 0.113. The Balaban J connectivity index is 1.74. The van der Waals surface area contributed by atoms with Gasteiger partial charge in [-0.2, -0.15) is 0 Å². The number of para-hydroxylation sites is 2. The van der Waals surface area contributed by atoms with Crippen LogP contribution in [0.5, 0.6) is 5.75 Å². The molecule has 2 heterocycles. The van der Waals surface area contributed by atoms with Crippen LogP contribution in [-0.4, -0.2) is 36.0 Å². The van der Waals surface area contributed by atoms with Gasteiger partial charge in [0, 0.05) is 12.6 Å². The van der Waals surface area contributed by atoms with Gasteiger partial charge in [-0.3, -0.25) is 4.79 Å². The van der Waals surface area contributed by atoms with E-state index >= 15 is 0 Å². The minimum atomic E-state index is -0.388. The molecule has 0 saturated carbocycles. The summed E-state index contributed by atoms with van der Waals surface area (Å²) in [6.45, 7) is 3.52. The fraction of sp³-hybridized carbons (Fsp3) is 0.500. The Bertz CT molecular complexity index is 461. The molecule has 1 aromatic carbocycles. The van der Waals surface area contributed by atoms with E-state index in [1.165, 1.54) is 0 Å². The van der Waals surface area contributed by atoms with Crippen molar-refractivity contribution >= 4 is 11.6 Å².